The molecule has 0 aliphatic heterocycles. The topological polar surface area (TPSA) is 79.6 Å². The van der Waals surface area contributed by atoms with Crippen LogP contribution in [0, 0.1) is 6.92 Å². The third kappa shape index (κ3) is 3.81. The van der Waals surface area contributed by atoms with E-state index in [-0.39, 0.29) is 5.56 Å². The van der Waals surface area contributed by atoms with Gasteiger partial charge in [-0.2, -0.15) is 0 Å². The summed E-state index contributed by atoms with van der Waals surface area (Å²) in [4.78, 5) is 38.6. The second-order valence-corrected chi connectivity index (χ2v) is 7.60. The third-order valence-electron chi connectivity index (χ3n) is 4.28. The number of fused-ring (bicyclic) bond motifs is 1. The molecule has 0 saturated heterocycles. The number of nitrogens with zero attached hydrogens (tertiary/aromatic N) is 1. The minimum Gasteiger partial charge on any atom is -0.463 e. The Labute approximate surface area is 162 Å². The first kappa shape index (κ1) is 19.4. The van der Waals surface area contributed by atoms with Gasteiger partial charge in [0.15, 0.2) is 0 Å². The number of amides is 2. The lowest BCUT2D eigenvalue weighted by Crippen LogP contribution is -2.56. The SMILES string of the molecule is Cc1ccc2occ(C(=O)N(NC(=O)c3ccccc3)C(C)(C)C)c(=O)c2c1. The molecule has 0 aliphatic rings. The number of aryl methyl sites for hydroxylation is 1. The Morgan fingerprint density at radius 1 is 1.04 bits per heavy atom. The third-order valence-corrected chi connectivity index (χ3v) is 4.28. The van der Waals surface area contributed by atoms with Crippen molar-refractivity contribution in [1.82, 2.24) is 10.4 Å². The van der Waals surface area contributed by atoms with Gasteiger partial charge in [0, 0.05) is 5.56 Å². The van der Waals surface area contributed by atoms with Crippen molar-refractivity contribution in [3.8, 4) is 0 Å². The summed E-state index contributed by atoms with van der Waals surface area (Å²) in [5.41, 5.74) is 2.98. The molecule has 3 aromatic rings. The van der Waals surface area contributed by atoms with E-state index in [1.54, 1.807) is 63.2 Å². The predicted octanol–water partition coefficient (Wildman–Crippen LogP) is 3.69. The Morgan fingerprint density at radius 3 is 2.36 bits per heavy atom. The molecule has 2 amide bonds. The largest absolute Gasteiger partial charge is 0.463 e. The van der Waals surface area contributed by atoms with Crippen LogP contribution >= 0.6 is 0 Å². The molecule has 0 bridgehead atoms. The summed E-state index contributed by atoms with van der Waals surface area (Å²) >= 11 is 0. The van der Waals surface area contributed by atoms with Crippen molar-refractivity contribution in [2.45, 2.75) is 33.2 Å². The molecule has 3 rings (SSSR count). The number of carbonyl (C=O) groups is 2. The molecule has 144 valence electrons. The van der Waals surface area contributed by atoms with Gasteiger partial charge in [0.2, 0.25) is 5.43 Å². The summed E-state index contributed by atoms with van der Waals surface area (Å²) in [6, 6.07) is 13.8. The molecule has 0 unspecified atom stereocenters. The maximum absolute atomic E-state index is 13.2. The molecule has 0 spiro atoms. The minimum absolute atomic E-state index is 0.138. The van der Waals surface area contributed by atoms with Gasteiger partial charge in [0.1, 0.15) is 17.4 Å². The maximum Gasteiger partial charge on any atom is 0.279 e. The summed E-state index contributed by atoms with van der Waals surface area (Å²) in [7, 11) is 0. The molecule has 6 heteroatoms. The summed E-state index contributed by atoms with van der Waals surface area (Å²) in [5.74, 6) is -1.07. The highest BCUT2D eigenvalue weighted by atomic mass is 16.3. The lowest BCUT2D eigenvalue weighted by atomic mass is 10.1. The number of hydrogen-bond acceptors (Lipinski definition) is 4. The highest BCUT2D eigenvalue weighted by molar-refractivity contribution is 6.00. The number of nitrogens with one attached hydrogen (secondary N) is 1. The Bertz CT molecular complexity index is 1090. The van der Waals surface area contributed by atoms with Crippen LogP contribution in [0.2, 0.25) is 0 Å². The van der Waals surface area contributed by atoms with Gasteiger partial charge in [-0.05, 0) is 52.0 Å². The molecule has 1 aromatic heterocycles. The monoisotopic (exact) mass is 378 g/mol. The van der Waals surface area contributed by atoms with Crippen LogP contribution in [0.1, 0.15) is 47.1 Å². The Hall–Kier alpha value is -3.41. The van der Waals surface area contributed by atoms with Gasteiger partial charge in [0.05, 0.1) is 10.9 Å². The first-order valence-corrected chi connectivity index (χ1v) is 8.91. The molecule has 0 radical (unpaired) electrons. The van der Waals surface area contributed by atoms with Gasteiger partial charge in [-0.1, -0.05) is 29.8 Å². The fourth-order valence-electron chi connectivity index (χ4n) is 2.79. The van der Waals surface area contributed by atoms with Gasteiger partial charge in [-0.25, -0.2) is 5.01 Å². The lowest BCUT2D eigenvalue weighted by molar-refractivity contribution is 0.0356. The van der Waals surface area contributed by atoms with Crippen molar-refractivity contribution in [2.75, 3.05) is 0 Å². The first-order chi connectivity index (χ1) is 13.2. The van der Waals surface area contributed by atoms with E-state index in [4.69, 9.17) is 4.42 Å². The highest BCUT2D eigenvalue weighted by Crippen LogP contribution is 2.18. The smallest absolute Gasteiger partial charge is 0.279 e. The van der Waals surface area contributed by atoms with Crippen LogP contribution in [0.4, 0.5) is 0 Å². The van der Waals surface area contributed by atoms with Crippen LogP contribution in [0.25, 0.3) is 11.0 Å². The van der Waals surface area contributed by atoms with Gasteiger partial charge >= 0.3 is 0 Å². The molecule has 28 heavy (non-hydrogen) atoms. The summed E-state index contributed by atoms with van der Waals surface area (Å²) in [6.45, 7) is 7.16. The Morgan fingerprint density at radius 2 is 1.71 bits per heavy atom. The van der Waals surface area contributed by atoms with Crippen molar-refractivity contribution in [3.63, 3.8) is 0 Å². The molecular formula is C22H22N2O4. The summed E-state index contributed by atoms with van der Waals surface area (Å²) in [5, 5.41) is 1.49. The average Bonchev–Trinajstić information content (AvgIpc) is 2.66. The number of carbonyl (C=O) groups excluding carboxylic acids is 2. The van der Waals surface area contributed by atoms with Gasteiger partial charge in [-0.3, -0.25) is 19.8 Å². The van der Waals surface area contributed by atoms with E-state index in [1.807, 2.05) is 13.0 Å². The molecule has 2 aromatic carbocycles. The molecular weight excluding hydrogens is 356 g/mol. The molecule has 0 saturated carbocycles. The number of rotatable bonds is 2. The van der Waals surface area contributed by atoms with E-state index in [2.05, 4.69) is 5.43 Å². The molecule has 1 heterocycles. The van der Waals surface area contributed by atoms with Crippen molar-refractivity contribution >= 4 is 22.8 Å². The van der Waals surface area contributed by atoms with Crippen LogP contribution in [0.5, 0.6) is 0 Å². The Balaban J connectivity index is 2.01. The average molecular weight is 378 g/mol. The van der Waals surface area contributed by atoms with Crippen LogP contribution in [0.15, 0.2) is 64.0 Å². The molecule has 0 atom stereocenters. The zero-order chi connectivity index (χ0) is 20.5. The number of benzene rings is 2. The second-order valence-electron chi connectivity index (χ2n) is 7.60. The standard InChI is InChI=1S/C22H22N2O4/c1-14-10-11-18-16(12-14)19(25)17(13-28-18)21(27)24(22(2,3)4)23-20(26)15-8-6-5-7-9-15/h5-13H,1-4H3,(H,23,26). The second kappa shape index (κ2) is 7.31. The van der Waals surface area contributed by atoms with Crippen LogP contribution < -0.4 is 10.9 Å². The lowest BCUT2D eigenvalue weighted by Gasteiger charge is -2.35. The van der Waals surface area contributed by atoms with Crippen molar-refractivity contribution in [2.24, 2.45) is 0 Å². The first-order valence-electron chi connectivity index (χ1n) is 8.91. The van der Waals surface area contributed by atoms with Crippen LogP contribution in [-0.2, 0) is 0 Å². The number of hydrazine groups is 1. The summed E-state index contributed by atoms with van der Waals surface area (Å²) in [6.07, 6.45) is 1.15. The van der Waals surface area contributed by atoms with Gasteiger partial charge in [0.25, 0.3) is 11.8 Å². The van der Waals surface area contributed by atoms with E-state index in [9.17, 15) is 14.4 Å². The zero-order valence-corrected chi connectivity index (χ0v) is 16.3. The van der Waals surface area contributed by atoms with E-state index < -0.39 is 22.8 Å². The van der Waals surface area contributed by atoms with E-state index in [0.717, 1.165) is 16.8 Å². The quantitative estimate of drug-likeness (QED) is 0.690. The molecule has 0 aliphatic carbocycles. The van der Waals surface area contributed by atoms with Crippen LogP contribution in [0.3, 0.4) is 0 Å². The molecule has 0 fully saturated rings. The normalized spacial score (nSPS) is 11.3. The minimum atomic E-state index is -0.768. The van der Waals surface area contributed by atoms with E-state index in [0.29, 0.717) is 16.5 Å². The fourth-order valence-corrected chi connectivity index (χ4v) is 2.79. The summed E-state index contributed by atoms with van der Waals surface area (Å²) < 4.78 is 5.49. The molecule has 6 nitrogen and oxygen atoms in total. The van der Waals surface area contributed by atoms with Crippen molar-refractivity contribution in [3.05, 3.63) is 81.7 Å². The van der Waals surface area contributed by atoms with E-state index >= 15 is 0 Å². The Kier molecular flexibility index (Phi) is 5.05. The predicted molar refractivity (Wildman–Crippen MR) is 107 cm³/mol. The fraction of sp³-hybridized carbons (Fsp3) is 0.227. The zero-order valence-electron chi connectivity index (χ0n) is 16.3. The number of hydrogen-bond donors (Lipinski definition) is 1. The highest BCUT2D eigenvalue weighted by Gasteiger charge is 2.31. The van der Waals surface area contributed by atoms with Crippen molar-refractivity contribution < 1.29 is 14.0 Å². The van der Waals surface area contributed by atoms with Gasteiger partial charge in [-0.15, -0.1) is 0 Å². The molecule has 1 N–H and O–H groups in total. The maximum atomic E-state index is 13.2. The van der Waals surface area contributed by atoms with Gasteiger partial charge < -0.3 is 4.42 Å². The van der Waals surface area contributed by atoms with Crippen LogP contribution in [-0.4, -0.2) is 22.4 Å². The van der Waals surface area contributed by atoms with E-state index in [1.165, 1.54) is 0 Å². The van der Waals surface area contributed by atoms with Crippen molar-refractivity contribution in [1.29, 1.82) is 0 Å².